The van der Waals surface area contributed by atoms with E-state index in [1.807, 2.05) is 0 Å². The number of carbonyl (C=O) groups is 1. The van der Waals surface area contributed by atoms with Gasteiger partial charge in [0.1, 0.15) is 5.75 Å². The van der Waals surface area contributed by atoms with Gasteiger partial charge in [0.2, 0.25) is 0 Å². The summed E-state index contributed by atoms with van der Waals surface area (Å²) in [5, 5.41) is 0.119. The van der Waals surface area contributed by atoms with Gasteiger partial charge in [0.25, 0.3) is 0 Å². The molecule has 0 atom stereocenters. The highest BCUT2D eigenvalue weighted by Gasteiger charge is 1.99. The third-order valence-electron chi connectivity index (χ3n) is 1.98. The second-order valence-corrected chi connectivity index (χ2v) is 4.62. The third kappa shape index (κ3) is 4.83. The molecule has 0 aliphatic carbocycles. The van der Waals surface area contributed by atoms with Gasteiger partial charge in [-0.05, 0) is 18.2 Å². The molecule has 0 fully saturated rings. The highest BCUT2D eigenvalue weighted by Crippen LogP contribution is 2.19. The molecule has 0 radical (unpaired) electrons. The summed E-state index contributed by atoms with van der Waals surface area (Å²) in [6, 6.07) is 5.35. The standard InChI is InChI=1S/C13H15NO2S/c1-10(15)17-8-4-3-5-11-9-12(14)6-7-13(11)16-2/h6-7,9H,4,8,14H2,1-2H3. The molecule has 1 aromatic rings. The number of hydrogen-bond donors (Lipinski definition) is 1. The summed E-state index contributed by atoms with van der Waals surface area (Å²) in [4.78, 5) is 10.7. The minimum atomic E-state index is 0.119. The lowest BCUT2D eigenvalue weighted by Crippen LogP contribution is -1.91. The van der Waals surface area contributed by atoms with Crippen LogP contribution in [0.1, 0.15) is 18.9 Å². The Morgan fingerprint density at radius 3 is 2.94 bits per heavy atom. The van der Waals surface area contributed by atoms with Crippen LogP contribution >= 0.6 is 11.8 Å². The second-order valence-electron chi connectivity index (χ2n) is 3.35. The molecule has 0 bridgehead atoms. The van der Waals surface area contributed by atoms with Crippen LogP contribution in [0.4, 0.5) is 5.69 Å². The lowest BCUT2D eigenvalue weighted by molar-refractivity contribution is -0.109. The summed E-state index contributed by atoms with van der Waals surface area (Å²) in [7, 11) is 1.60. The summed E-state index contributed by atoms with van der Waals surface area (Å²) >= 11 is 1.28. The van der Waals surface area contributed by atoms with Gasteiger partial charge in [0.05, 0.1) is 12.7 Å². The Morgan fingerprint density at radius 2 is 2.29 bits per heavy atom. The molecule has 0 saturated heterocycles. The topological polar surface area (TPSA) is 52.3 Å². The smallest absolute Gasteiger partial charge is 0.185 e. The number of benzene rings is 1. The molecule has 1 rings (SSSR count). The van der Waals surface area contributed by atoms with Crippen LogP contribution in [-0.4, -0.2) is 18.0 Å². The molecule has 3 nitrogen and oxygen atoms in total. The van der Waals surface area contributed by atoms with E-state index >= 15 is 0 Å². The predicted octanol–water partition coefficient (Wildman–Crippen LogP) is 2.30. The summed E-state index contributed by atoms with van der Waals surface area (Å²) in [5.41, 5.74) is 7.12. The number of carbonyl (C=O) groups excluding carboxylic acids is 1. The maximum atomic E-state index is 10.7. The molecule has 2 N–H and O–H groups in total. The van der Waals surface area contributed by atoms with Crippen LogP contribution in [0.5, 0.6) is 5.75 Å². The van der Waals surface area contributed by atoms with Gasteiger partial charge in [-0.3, -0.25) is 4.79 Å². The fourth-order valence-electron chi connectivity index (χ4n) is 1.23. The summed E-state index contributed by atoms with van der Waals surface area (Å²) < 4.78 is 5.18. The summed E-state index contributed by atoms with van der Waals surface area (Å²) in [6.07, 6.45) is 0.669. The molecule has 0 heterocycles. The van der Waals surface area contributed by atoms with E-state index in [2.05, 4.69) is 11.8 Å². The first-order valence-corrected chi connectivity index (χ1v) is 6.18. The molecule has 1 aromatic carbocycles. The Kier molecular flexibility index (Phi) is 5.44. The zero-order chi connectivity index (χ0) is 12.7. The highest BCUT2D eigenvalue weighted by molar-refractivity contribution is 8.13. The van der Waals surface area contributed by atoms with Gasteiger partial charge < -0.3 is 10.5 Å². The van der Waals surface area contributed by atoms with Crippen molar-refractivity contribution in [1.82, 2.24) is 0 Å². The average molecular weight is 249 g/mol. The number of ether oxygens (including phenoxy) is 1. The molecule has 0 amide bonds. The van der Waals surface area contributed by atoms with Crippen molar-refractivity contribution >= 4 is 22.6 Å². The first-order chi connectivity index (χ1) is 8.13. The van der Waals surface area contributed by atoms with Crippen molar-refractivity contribution in [3.63, 3.8) is 0 Å². The molecule has 0 aliphatic rings. The van der Waals surface area contributed by atoms with Gasteiger partial charge in [-0.1, -0.05) is 23.6 Å². The minimum Gasteiger partial charge on any atom is -0.495 e. The van der Waals surface area contributed by atoms with Crippen LogP contribution in [0.15, 0.2) is 18.2 Å². The van der Waals surface area contributed by atoms with Crippen LogP contribution in [-0.2, 0) is 4.79 Å². The largest absolute Gasteiger partial charge is 0.495 e. The van der Waals surface area contributed by atoms with Crippen molar-refractivity contribution in [3.05, 3.63) is 23.8 Å². The van der Waals surface area contributed by atoms with Gasteiger partial charge in [0.15, 0.2) is 5.12 Å². The number of nitrogen functional groups attached to an aromatic ring is 1. The number of methoxy groups -OCH3 is 1. The lowest BCUT2D eigenvalue weighted by atomic mass is 10.2. The SMILES string of the molecule is COc1ccc(N)cc1C#CCCSC(C)=O. The highest BCUT2D eigenvalue weighted by atomic mass is 32.2. The van der Waals surface area contributed by atoms with Crippen LogP contribution < -0.4 is 10.5 Å². The first kappa shape index (κ1) is 13.5. The van der Waals surface area contributed by atoms with Gasteiger partial charge >= 0.3 is 0 Å². The van der Waals surface area contributed by atoms with Gasteiger partial charge in [0, 0.05) is 24.8 Å². The van der Waals surface area contributed by atoms with Gasteiger partial charge in [-0.15, -0.1) is 0 Å². The molecule has 17 heavy (non-hydrogen) atoms. The van der Waals surface area contributed by atoms with Crippen LogP contribution in [0, 0.1) is 11.8 Å². The van der Waals surface area contributed by atoms with Crippen molar-refractivity contribution in [2.24, 2.45) is 0 Å². The monoisotopic (exact) mass is 249 g/mol. The maximum absolute atomic E-state index is 10.7. The van der Waals surface area contributed by atoms with E-state index in [-0.39, 0.29) is 5.12 Å². The molecule has 0 spiro atoms. The van der Waals surface area contributed by atoms with Crippen molar-refractivity contribution in [3.8, 4) is 17.6 Å². The second kappa shape index (κ2) is 6.87. The quantitative estimate of drug-likeness (QED) is 0.507. The molecular weight excluding hydrogens is 234 g/mol. The van der Waals surface area contributed by atoms with E-state index < -0.39 is 0 Å². The third-order valence-corrected chi connectivity index (χ3v) is 2.79. The van der Waals surface area contributed by atoms with Crippen molar-refractivity contribution in [2.45, 2.75) is 13.3 Å². The van der Waals surface area contributed by atoms with Crippen LogP contribution in [0.2, 0.25) is 0 Å². The minimum absolute atomic E-state index is 0.119. The number of nitrogens with two attached hydrogens (primary N) is 1. The molecular formula is C13H15NO2S. The van der Waals surface area contributed by atoms with E-state index in [1.54, 1.807) is 32.2 Å². The van der Waals surface area contributed by atoms with Gasteiger partial charge in [-0.2, -0.15) is 0 Å². The predicted molar refractivity (Wildman–Crippen MR) is 72.0 cm³/mol. The zero-order valence-electron chi connectivity index (χ0n) is 9.95. The maximum Gasteiger partial charge on any atom is 0.185 e. The normalized spacial score (nSPS) is 9.29. The molecule has 0 aliphatic heterocycles. The van der Waals surface area contributed by atoms with Crippen molar-refractivity contribution in [2.75, 3.05) is 18.6 Å². The molecule has 4 heteroatoms. The molecule has 0 aromatic heterocycles. The Hall–Kier alpha value is -1.60. The molecule has 0 unspecified atom stereocenters. The average Bonchev–Trinajstić information content (AvgIpc) is 2.28. The van der Waals surface area contributed by atoms with E-state index in [1.165, 1.54) is 11.8 Å². The van der Waals surface area contributed by atoms with Crippen molar-refractivity contribution in [1.29, 1.82) is 0 Å². The number of thioether (sulfide) groups is 1. The zero-order valence-corrected chi connectivity index (χ0v) is 10.8. The lowest BCUT2D eigenvalue weighted by Gasteiger charge is -2.03. The molecule has 0 saturated carbocycles. The summed E-state index contributed by atoms with van der Waals surface area (Å²) in [5.74, 6) is 7.43. The fourth-order valence-corrected chi connectivity index (χ4v) is 1.72. The first-order valence-electron chi connectivity index (χ1n) is 5.19. The van der Waals surface area contributed by atoms with Crippen LogP contribution in [0.3, 0.4) is 0 Å². The van der Waals surface area contributed by atoms with E-state index in [0.29, 0.717) is 23.6 Å². The van der Waals surface area contributed by atoms with Crippen molar-refractivity contribution < 1.29 is 9.53 Å². The van der Waals surface area contributed by atoms with E-state index in [4.69, 9.17) is 10.5 Å². The van der Waals surface area contributed by atoms with Gasteiger partial charge in [-0.25, -0.2) is 0 Å². The number of hydrogen-bond acceptors (Lipinski definition) is 4. The summed E-state index contributed by atoms with van der Waals surface area (Å²) in [6.45, 7) is 1.55. The Bertz CT molecular complexity index is 460. The Balaban J connectivity index is 2.64. The number of rotatable bonds is 3. The van der Waals surface area contributed by atoms with E-state index in [9.17, 15) is 4.79 Å². The molecule has 90 valence electrons. The fraction of sp³-hybridized carbons (Fsp3) is 0.308. The Labute approximate surface area is 106 Å². The number of anilines is 1. The van der Waals surface area contributed by atoms with E-state index in [0.717, 1.165) is 5.56 Å². The Morgan fingerprint density at radius 1 is 1.53 bits per heavy atom. The van der Waals surface area contributed by atoms with Crippen LogP contribution in [0.25, 0.3) is 0 Å².